The summed E-state index contributed by atoms with van der Waals surface area (Å²) >= 11 is 7.13. The topological polar surface area (TPSA) is 97.2 Å². The molecule has 154 valence electrons. The molecule has 0 radical (unpaired) electrons. The number of carbonyl (C=O) groups excluding carboxylic acids is 2. The third-order valence-corrected chi connectivity index (χ3v) is 4.86. The molecule has 0 fully saturated rings. The van der Waals surface area contributed by atoms with Crippen LogP contribution in [0.1, 0.15) is 32.5 Å². The molecule has 0 aliphatic rings. The lowest BCUT2D eigenvalue weighted by molar-refractivity contribution is 0.0733. The fourth-order valence-electron chi connectivity index (χ4n) is 2.42. The number of thiophene rings is 1. The van der Waals surface area contributed by atoms with Crippen LogP contribution in [-0.4, -0.2) is 29.8 Å². The van der Waals surface area contributed by atoms with Gasteiger partial charge in [0.05, 0.1) is 18.4 Å². The Labute approximate surface area is 181 Å². The van der Waals surface area contributed by atoms with Crippen molar-refractivity contribution in [1.82, 2.24) is 5.43 Å². The first-order valence-corrected chi connectivity index (χ1v) is 10.1. The number of nitrogens with zero attached hydrogens (tertiary/aromatic N) is 1. The van der Waals surface area contributed by atoms with Crippen LogP contribution in [0.15, 0.2) is 59.0 Å². The van der Waals surface area contributed by atoms with Gasteiger partial charge in [0.15, 0.2) is 11.5 Å². The minimum atomic E-state index is -0.613. The smallest absolute Gasteiger partial charge is 0.353 e. The van der Waals surface area contributed by atoms with Crippen LogP contribution in [-0.2, 0) is 0 Å². The van der Waals surface area contributed by atoms with E-state index in [1.807, 2.05) is 6.92 Å². The zero-order valence-electron chi connectivity index (χ0n) is 15.8. The van der Waals surface area contributed by atoms with E-state index in [9.17, 15) is 14.7 Å². The van der Waals surface area contributed by atoms with E-state index in [-0.39, 0.29) is 17.1 Å². The summed E-state index contributed by atoms with van der Waals surface area (Å²) in [5.41, 5.74) is 2.93. The van der Waals surface area contributed by atoms with Gasteiger partial charge >= 0.3 is 5.97 Å². The van der Waals surface area contributed by atoms with Gasteiger partial charge in [-0.25, -0.2) is 10.2 Å². The maximum atomic E-state index is 12.2. The molecule has 0 saturated carbocycles. The van der Waals surface area contributed by atoms with Crippen LogP contribution in [0.3, 0.4) is 0 Å². The number of hydrogen-bond donors (Lipinski definition) is 2. The van der Waals surface area contributed by atoms with E-state index in [4.69, 9.17) is 21.1 Å². The van der Waals surface area contributed by atoms with Crippen LogP contribution in [0.25, 0.3) is 0 Å². The summed E-state index contributed by atoms with van der Waals surface area (Å²) in [5.74, 6) is -0.646. The van der Waals surface area contributed by atoms with Crippen molar-refractivity contribution in [3.63, 3.8) is 0 Å². The first-order chi connectivity index (χ1) is 14.5. The number of phenols is 1. The van der Waals surface area contributed by atoms with Crippen molar-refractivity contribution in [3.05, 3.63) is 74.9 Å². The van der Waals surface area contributed by atoms with E-state index in [0.29, 0.717) is 27.8 Å². The van der Waals surface area contributed by atoms with Crippen LogP contribution in [0.4, 0.5) is 0 Å². The molecule has 2 aromatic carbocycles. The van der Waals surface area contributed by atoms with Crippen molar-refractivity contribution in [2.24, 2.45) is 5.10 Å². The lowest BCUT2D eigenvalue weighted by Gasteiger charge is -2.10. The molecule has 1 amide bonds. The largest absolute Gasteiger partial charge is 0.507 e. The van der Waals surface area contributed by atoms with Crippen molar-refractivity contribution in [1.29, 1.82) is 0 Å². The highest BCUT2D eigenvalue weighted by atomic mass is 35.5. The molecule has 30 heavy (non-hydrogen) atoms. The highest BCUT2D eigenvalue weighted by Gasteiger charge is 2.14. The van der Waals surface area contributed by atoms with E-state index in [1.54, 1.807) is 35.7 Å². The number of rotatable bonds is 7. The summed E-state index contributed by atoms with van der Waals surface area (Å²) in [6, 6.07) is 12.5. The number of aromatic hydroxyl groups is 1. The number of nitrogens with one attached hydrogen (secondary N) is 1. The zero-order chi connectivity index (χ0) is 21.5. The molecule has 0 atom stereocenters. The minimum Gasteiger partial charge on any atom is -0.507 e. The van der Waals surface area contributed by atoms with Gasteiger partial charge in [-0.1, -0.05) is 17.7 Å². The Morgan fingerprint density at radius 1 is 1.20 bits per heavy atom. The number of benzene rings is 2. The third kappa shape index (κ3) is 5.37. The van der Waals surface area contributed by atoms with E-state index in [0.717, 1.165) is 0 Å². The molecule has 1 aromatic heterocycles. The Hall–Kier alpha value is -3.36. The zero-order valence-corrected chi connectivity index (χ0v) is 17.4. The Morgan fingerprint density at radius 3 is 2.77 bits per heavy atom. The van der Waals surface area contributed by atoms with Crippen molar-refractivity contribution >= 4 is 41.0 Å². The Morgan fingerprint density at radius 2 is 2.03 bits per heavy atom. The van der Waals surface area contributed by atoms with Gasteiger partial charge < -0.3 is 14.6 Å². The highest BCUT2D eigenvalue weighted by Crippen LogP contribution is 2.29. The second kappa shape index (κ2) is 9.91. The Balaban J connectivity index is 1.71. The van der Waals surface area contributed by atoms with E-state index >= 15 is 0 Å². The summed E-state index contributed by atoms with van der Waals surface area (Å²) in [4.78, 5) is 24.8. The summed E-state index contributed by atoms with van der Waals surface area (Å²) in [7, 11) is 0. The van der Waals surface area contributed by atoms with E-state index in [1.165, 1.54) is 35.8 Å². The number of hydrazone groups is 1. The molecule has 7 nitrogen and oxygen atoms in total. The molecule has 0 bridgehead atoms. The van der Waals surface area contributed by atoms with Gasteiger partial charge in [0.1, 0.15) is 10.6 Å². The van der Waals surface area contributed by atoms with Crippen LogP contribution in [0.2, 0.25) is 5.02 Å². The Bertz CT molecular complexity index is 1080. The van der Waals surface area contributed by atoms with Crippen LogP contribution < -0.4 is 14.9 Å². The number of carbonyl (C=O) groups is 2. The van der Waals surface area contributed by atoms with Gasteiger partial charge in [0.25, 0.3) is 5.91 Å². The fourth-order valence-corrected chi connectivity index (χ4v) is 3.19. The summed E-state index contributed by atoms with van der Waals surface area (Å²) in [6.07, 6.45) is 1.40. The molecule has 3 rings (SSSR count). The number of esters is 1. The monoisotopic (exact) mass is 444 g/mol. The van der Waals surface area contributed by atoms with Crippen molar-refractivity contribution in [2.45, 2.75) is 6.92 Å². The average Bonchev–Trinajstić information content (AvgIpc) is 3.27. The fraction of sp³-hybridized carbons (Fsp3) is 0.0952. The maximum Gasteiger partial charge on any atom is 0.353 e. The average molecular weight is 445 g/mol. The van der Waals surface area contributed by atoms with Crippen LogP contribution >= 0.6 is 22.9 Å². The molecular formula is C21H17ClN2O5S. The van der Waals surface area contributed by atoms with Crippen molar-refractivity contribution < 1.29 is 24.2 Å². The Kier molecular flexibility index (Phi) is 7.05. The second-order valence-electron chi connectivity index (χ2n) is 5.87. The first-order valence-electron chi connectivity index (χ1n) is 8.82. The number of hydrogen-bond acceptors (Lipinski definition) is 7. The molecular weight excluding hydrogens is 428 g/mol. The van der Waals surface area contributed by atoms with Gasteiger partial charge in [-0.3, -0.25) is 4.79 Å². The van der Waals surface area contributed by atoms with Gasteiger partial charge in [0.2, 0.25) is 0 Å². The molecule has 9 heteroatoms. The molecule has 1 heterocycles. The van der Waals surface area contributed by atoms with E-state index < -0.39 is 11.9 Å². The first kappa shape index (κ1) is 21.4. The van der Waals surface area contributed by atoms with Crippen LogP contribution in [0, 0.1) is 0 Å². The molecule has 0 aliphatic carbocycles. The minimum absolute atomic E-state index is 0.00509. The maximum absolute atomic E-state index is 12.2. The van der Waals surface area contributed by atoms with Gasteiger partial charge in [-0.2, -0.15) is 5.10 Å². The number of amides is 1. The second-order valence-corrected chi connectivity index (χ2v) is 7.25. The highest BCUT2D eigenvalue weighted by molar-refractivity contribution is 7.12. The molecule has 0 unspecified atom stereocenters. The van der Waals surface area contributed by atoms with Crippen LogP contribution in [0.5, 0.6) is 17.2 Å². The molecule has 0 spiro atoms. The summed E-state index contributed by atoms with van der Waals surface area (Å²) < 4.78 is 11.0. The standard InChI is InChI=1S/C21H17ClN2O5S/c1-2-28-18-10-13(5-8-17(18)29-21(27)19-4-3-9-30-19)12-23-24-20(26)15-11-14(22)6-7-16(15)25/h3-12,25H,2H2,1H3,(H,24,26)/b23-12+. The summed E-state index contributed by atoms with van der Waals surface area (Å²) in [6.45, 7) is 2.18. The molecule has 0 saturated heterocycles. The predicted octanol–water partition coefficient (Wildman–Crippen LogP) is 4.49. The lowest BCUT2D eigenvalue weighted by atomic mass is 10.2. The van der Waals surface area contributed by atoms with Crippen molar-refractivity contribution in [3.8, 4) is 17.2 Å². The van der Waals surface area contributed by atoms with Gasteiger partial charge in [-0.15, -0.1) is 11.3 Å². The molecule has 0 aliphatic heterocycles. The SMILES string of the molecule is CCOc1cc(/C=N/NC(=O)c2cc(Cl)ccc2O)ccc1OC(=O)c1cccs1. The number of halogens is 1. The molecule has 3 aromatic rings. The quantitative estimate of drug-likeness (QED) is 0.242. The number of phenolic OH excluding ortho intramolecular Hbond substituents is 1. The molecule has 2 N–H and O–H groups in total. The summed E-state index contributed by atoms with van der Waals surface area (Å²) in [5, 5.41) is 15.7. The normalized spacial score (nSPS) is 10.7. The van der Waals surface area contributed by atoms with Crippen molar-refractivity contribution in [2.75, 3.05) is 6.61 Å². The third-order valence-electron chi connectivity index (χ3n) is 3.78. The van der Waals surface area contributed by atoms with Gasteiger partial charge in [-0.05, 0) is 60.3 Å². The number of ether oxygens (including phenoxy) is 2. The predicted molar refractivity (Wildman–Crippen MR) is 115 cm³/mol. The lowest BCUT2D eigenvalue weighted by Crippen LogP contribution is -2.17. The van der Waals surface area contributed by atoms with E-state index in [2.05, 4.69) is 10.5 Å². The van der Waals surface area contributed by atoms with Gasteiger partial charge in [0, 0.05) is 5.02 Å².